The van der Waals surface area contributed by atoms with Crippen molar-refractivity contribution in [2.75, 3.05) is 42.8 Å². The number of aryl methyl sites for hydroxylation is 1. The summed E-state index contributed by atoms with van der Waals surface area (Å²) in [6, 6.07) is 9.65. The molecule has 1 N–H and O–H groups in total. The molecule has 0 bridgehead atoms. The molecule has 0 aliphatic carbocycles. The summed E-state index contributed by atoms with van der Waals surface area (Å²) in [5.74, 6) is 1.24. The Morgan fingerprint density at radius 3 is 2.61 bits per heavy atom. The number of nitrogens with zero attached hydrogens (tertiary/aromatic N) is 4. The second kappa shape index (κ2) is 7.58. The van der Waals surface area contributed by atoms with Crippen molar-refractivity contribution in [3.05, 3.63) is 42.1 Å². The normalized spacial score (nSPS) is 10.3. The highest BCUT2D eigenvalue weighted by atomic mass is 16.2. The summed E-state index contributed by atoms with van der Waals surface area (Å²) < 4.78 is 0. The number of amides is 1. The molecule has 1 aromatic carbocycles. The Balaban J connectivity index is 2.03. The van der Waals surface area contributed by atoms with Gasteiger partial charge in [-0.2, -0.15) is 4.98 Å². The summed E-state index contributed by atoms with van der Waals surface area (Å²) in [7, 11) is 5.64. The average molecular weight is 313 g/mol. The number of carbonyl (C=O) groups excluding carboxylic acids is 1. The Bertz CT molecular complexity index is 672. The van der Waals surface area contributed by atoms with Crippen LogP contribution in [0.5, 0.6) is 0 Å². The topological polar surface area (TPSA) is 61.4 Å². The minimum Gasteiger partial charge on any atom is -0.363 e. The zero-order valence-electron chi connectivity index (χ0n) is 14.1. The van der Waals surface area contributed by atoms with Gasteiger partial charge in [-0.3, -0.25) is 4.79 Å². The Morgan fingerprint density at radius 2 is 1.91 bits per heavy atom. The third-order valence-corrected chi connectivity index (χ3v) is 3.48. The first-order valence-corrected chi connectivity index (χ1v) is 7.60. The van der Waals surface area contributed by atoms with Crippen LogP contribution in [-0.4, -0.2) is 43.6 Å². The number of nitrogens with one attached hydrogen (secondary N) is 1. The molecule has 1 amide bonds. The van der Waals surface area contributed by atoms with Crippen LogP contribution in [0.4, 0.5) is 17.5 Å². The molecule has 6 nitrogen and oxygen atoms in total. The average Bonchev–Trinajstić information content (AvgIpc) is 2.55. The molecule has 0 radical (unpaired) electrons. The van der Waals surface area contributed by atoms with E-state index in [4.69, 9.17) is 0 Å². The summed E-state index contributed by atoms with van der Waals surface area (Å²) in [6.07, 6.45) is 2.57. The molecular weight excluding hydrogens is 290 g/mol. The smallest absolute Gasteiger partial charge is 0.244 e. The van der Waals surface area contributed by atoms with Gasteiger partial charge in [0.05, 0.1) is 6.54 Å². The number of para-hydroxylation sites is 1. The molecular formula is C17H23N5O. The maximum Gasteiger partial charge on any atom is 0.244 e. The van der Waals surface area contributed by atoms with Gasteiger partial charge in [0.2, 0.25) is 11.9 Å². The van der Waals surface area contributed by atoms with E-state index < -0.39 is 0 Å². The van der Waals surface area contributed by atoms with Gasteiger partial charge in [0, 0.05) is 33.0 Å². The fraction of sp³-hybridized carbons (Fsp3) is 0.353. The molecule has 0 spiro atoms. The van der Waals surface area contributed by atoms with Gasteiger partial charge in [0.1, 0.15) is 5.82 Å². The van der Waals surface area contributed by atoms with E-state index in [1.54, 1.807) is 18.1 Å². The van der Waals surface area contributed by atoms with Crippen LogP contribution in [-0.2, 0) is 11.2 Å². The maximum atomic E-state index is 12.3. The van der Waals surface area contributed by atoms with E-state index in [0.717, 1.165) is 23.5 Å². The number of anilines is 3. The summed E-state index contributed by atoms with van der Waals surface area (Å²) in [4.78, 5) is 24.5. The van der Waals surface area contributed by atoms with Gasteiger partial charge in [0.15, 0.2) is 0 Å². The van der Waals surface area contributed by atoms with Gasteiger partial charge in [-0.05, 0) is 24.1 Å². The second-order valence-electron chi connectivity index (χ2n) is 5.52. The third-order valence-electron chi connectivity index (χ3n) is 3.48. The molecule has 0 saturated carbocycles. The van der Waals surface area contributed by atoms with Crippen molar-refractivity contribution < 1.29 is 4.79 Å². The molecule has 1 aromatic heterocycles. The second-order valence-corrected chi connectivity index (χ2v) is 5.52. The van der Waals surface area contributed by atoms with Gasteiger partial charge < -0.3 is 15.1 Å². The third kappa shape index (κ3) is 4.42. The number of rotatable bonds is 6. The fourth-order valence-electron chi connectivity index (χ4n) is 2.20. The molecule has 0 atom stereocenters. The number of aromatic nitrogens is 2. The van der Waals surface area contributed by atoms with Gasteiger partial charge in [-0.1, -0.05) is 25.1 Å². The fourth-order valence-corrected chi connectivity index (χ4v) is 2.20. The quantitative estimate of drug-likeness (QED) is 0.886. The number of likely N-dealkylation sites (N-methyl/N-ethyl adjacent to an activating group) is 1. The molecule has 23 heavy (non-hydrogen) atoms. The summed E-state index contributed by atoms with van der Waals surface area (Å²) in [5.41, 5.74) is 1.98. The van der Waals surface area contributed by atoms with Crippen molar-refractivity contribution >= 4 is 23.4 Å². The van der Waals surface area contributed by atoms with E-state index in [1.165, 1.54) is 0 Å². The lowest BCUT2D eigenvalue weighted by atomic mass is 10.1. The summed E-state index contributed by atoms with van der Waals surface area (Å²) >= 11 is 0. The molecule has 0 fully saturated rings. The van der Waals surface area contributed by atoms with Crippen molar-refractivity contribution in [2.24, 2.45) is 0 Å². The first kappa shape index (κ1) is 16.7. The molecule has 1 heterocycles. The zero-order valence-corrected chi connectivity index (χ0v) is 14.1. The lowest BCUT2D eigenvalue weighted by Crippen LogP contribution is -2.31. The van der Waals surface area contributed by atoms with Crippen molar-refractivity contribution in [1.82, 2.24) is 9.97 Å². The van der Waals surface area contributed by atoms with Gasteiger partial charge in [0.25, 0.3) is 0 Å². The number of hydrogen-bond acceptors (Lipinski definition) is 5. The van der Waals surface area contributed by atoms with Crippen molar-refractivity contribution in [3.63, 3.8) is 0 Å². The summed E-state index contributed by atoms with van der Waals surface area (Å²) in [5, 5.41) is 2.95. The summed E-state index contributed by atoms with van der Waals surface area (Å²) in [6.45, 7) is 2.26. The van der Waals surface area contributed by atoms with E-state index in [1.807, 2.05) is 49.3 Å². The van der Waals surface area contributed by atoms with Crippen LogP contribution in [0.3, 0.4) is 0 Å². The Hall–Kier alpha value is -2.63. The SMILES string of the molecule is CCc1ccccc1NC(=O)CN(C)c1nccc(N(C)C)n1. The monoisotopic (exact) mass is 313 g/mol. The number of benzene rings is 1. The van der Waals surface area contributed by atoms with Crippen molar-refractivity contribution in [1.29, 1.82) is 0 Å². The van der Waals surface area contributed by atoms with Crippen molar-refractivity contribution in [3.8, 4) is 0 Å². The highest BCUT2D eigenvalue weighted by molar-refractivity contribution is 5.94. The molecule has 6 heteroatoms. The Morgan fingerprint density at radius 1 is 1.17 bits per heavy atom. The molecule has 0 aliphatic rings. The minimum absolute atomic E-state index is 0.0905. The zero-order chi connectivity index (χ0) is 16.8. The Labute approximate surface area is 137 Å². The first-order valence-electron chi connectivity index (χ1n) is 7.60. The molecule has 2 aromatic rings. The highest BCUT2D eigenvalue weighted by Gasteiger charge is 2.12. The predicted octanol–water partition coefficient (Wildman–Crippen LogP) is 2.18. The van der Waals surface area contributed by atoms with E-state index in [-0.39, 0.29) is 12.5 Å². The lowest BCUT2D eigenvalue weighted by molar-refractivity contribution is -0.114. The molecule has 0 unspecified atom stereocenters. The van der Waals surface area contributed by atoms with E-state index in [0.29, 0.717) is 5.95 Å². The number of hydrogen-bond donors (Lipinski definition) is 1. The molecule has 2 rings (SSSR count). The van der Waals surface area contributed by atoms with Crippen LogP contribution < -0.4 is 15.1 Å². The Kier molecular flexibility index (Phi) is 5.51. The van der Waals surface area contributed by atoms with E-state index in [2.05, 4.69) is 22.2 Å². The highest BCUT2D eigenvalue weighted by Crippen LogP contribution is 2.16. The van der Waals surface area contributed by atoms with Crippen LogP contribution >= 0.6 is 0 Å². The van der Waals surface area contributed by atoms with Gasteiger partial charge >= 0.3 is 0 Å². The van der Waals surface area contributed by atoms with Crippen LogP contribution in [0.25, 0.3) is 0 Å². The molecule has 0 saturated heterocycles. The van der Waals surface area contributed by atoms with Crippen LogP contribution in [0.15, 0.2) is 36.5 Å². The van der Waals surface area contributed by atoms with Crippen LogP contribution in [0, 0.1) is 0 Å². The predicted molar refractivity (Wildman–Crippen MR) is 94.1 cm³/mol. The van der Waals surface area contributed by atoms with Crippen LogP contribution in [0.1, 0.15) is 12.5 Å². The van der Waals surface area contributed by atoms with E-state index >= 15 is 0 Å². The lowest BCUT2D eigenvalue weighted by Gasteiger charge is -2.19. The van der Waals surface area contributed by atoms with Gasteiger partial charge in [-0.15, -0.1) is 0 Å². The molecule has 122 valence electrons. The maximum absolute atomic E-state index is 12.3. The number of carbonyl (C=O) groups is 1. The molecule has 0 aliphatic heterocycles. The van der Waals surface area contributed by atoms with Crippen molar-refractivity contribution in [2.45, 2.75) is 13.3 Å². The largest absolute Gasteiger partial charge is 0.363 e. The first-order chi connectivity index (χ1) is 11.0. The van der Waals surface area contributed by atoms with E-state index in [9.17, 15) is 4.79 Å². The van der Waals surface area contributed by atoms with Crippen LogP contribution in [0.2, 0.25) is 0 Å². The standard InChI is InChI=1S/C17H23N5O/c1-5-13-8-6-7-9-14(13)19-16(23)12-22(4)17-18-11-10-15(20-17)21(2)3/h6-11H,5,12H2,1-4H3,(H,19,23). The van der Waals surface area contributed by atoms with Gasteiger partial charge in [-0.25, -0.2) is 4.98 Å². The minimum atomic E-state index is -0.0905.